The molecule has 0 amide bonds. The zero-order valence-corrected chi connectivity index (χ0v) is 12.6. The molecule has 0 bridgehead atoms. The zero-order chi connectivity index (χ0) is 17.2. The van der Waals surface area contributed by atoms with Gasteiger partial charge < -0.3 is 20.1 Å². The van der Waals surface area contributed by atoms with Crippen LogP contribution in [0.1, 0.15) is 22.3 Å². The number of aromatic hydroxyl groups is 2. The smallest absolute Gasteiger partial charge is 0.335 e. The molecule has 2 aromatic rings. The number of carbonyl (C=O) groups excluding carboxylic acids is 1. The fourth-order valence-electron chi connectivity index (χ4n) is 1.62. The quantitative estimate of drug-likeness (QED) is 0.749. The van der Waals surface area contributed by atoms with Crippen molar-refractivity contribution in [2.75, 3.05) is 7.11 Å². The largest absolute Gasteiger partial charge is 0.508 e. The fourth-order valence-corrected chi connectivity index (χ4v) is 1.62. The Labute approximate surface area is 133 Å². The first-order valence-corrected chi connectivity index (χ1v) is 6.79. The van der Waals surface area contributed by atoms with Gasteiger partial charge in [-0.3, -0.25) is 4.79 Å². The lowest BCUT2D eigenvalue weighted by atomic mass is 10.1. The monoisotopic (exact) mass is 318 g/mol. The van der Waals surface area contributed by atoms with Gasteiger partial charge in [-0.1, -0.05) is 12.1 Å². The van der Waals surface area contributed by atoms with Crippen molar-refractivity contribution in [1.29, 1.82) is 0 Å². The lowest BCUT2D eigenvalue weighted by Crippen LogP contribution is -2.01. The molecule has 6 nitrogen and oxygen atoms in total. The van der Waals surface area contributed by atoms with Crippen molar-refractivity contribution in [3.05, 3.63) is 59.7 Å². The van der Waals surface area contributed by atoms with Crippen LogP contribution in [0.4, 0.5) is 0 Å². The van der Waals surface area contributed by atoms with Crippen molar-refractivity contribution < 1.29 is 29.6 Å². The second-order valence-corrected chi connectivity index (χ2v) is 4.59. The highest BCUT2D eigenvalue weighted by atomic mass is 16.5. The SMILES string of the molecule is COC(=O)CCc1ccc(O)cc1.O=C(O)c1ccc(O)cc1. The topological polar surface area (TPSA) is 104 Å². The highest BCUT2D eigenvalue weighted by Crippen LogP contribution is 2.11. The number of hydrogen-bond donors (Lipinski definition) is 3. The minimum atomic E-state index is -0.986. The molecular weight excluding hydrogens is 300 g/mol. The molecule has 6 heteroatoms. The second kappa shape index (κ2) is 9.09. The van der Waals surface area contributed by atoms with E-state index in [1.807, 2.05) is 0 Å². The molecule has 0 aromatic heterocycles. The maximum absolute atomic E-state index is 10.8. The van der Waals surface area contributed by atoms with Crippen molar-refractivity contribution in [3.63, 3.8) is 0 Å². The molecule has 0 saturated carbocycles. The summed E-state index contributed by atoms with van der Waals surface area (Å²) >= 11 is 0. The lowest BCUT2D eigenvalue weighted by Gasteiger charge is -2.00. The number of rotatable bonds is 4. The highest BCUT2D eigenvalue weighted by Gasteiger charge is 2.01. The molecule has 0 aliphatic rings. The van der Waals surface area contributed by atoms with E-state index < -0.39 is 5.97 Å². The number of benzene rings is 2. The van der Waals surface area contributed by atoms with Crippen LogP contribution in [0.2, 0.25) is 0 Å². The van der Waals surface area contributed by atoms with Crippen LogP contribution in [0, 0.1) is 0 Å². The highest BCUT2D eigenvalue weighted by molar-refractivity contribution is 5.87. The van der Waals surface area contributed by atoms with Crippen LogP contribution in [0.25, 0.3) is 0 Å². The Morgan fingerprint density at radius 3 is 1.83 bits per heavy atom. The maximum Gasteiger partial charge on any atom is 0.335 e. The van der Waals surface area contributed by atoms with Gasteiger partial charge in [0, 0.05) is 6.42 Å². The number of carboxylic acids is 1. The van der Waals surface area contributed by atoms with Crippen LogP contribution in [-0.2, 0) is 16.0 Å². The number of aryl methyl sites for hydroxylation is 1. The Bertz CT molecular complexity index is 631. The molecule has 2 aromatic carbocycles. The molecule has 2 rings (SSSR count). The Morgan fingerprint density at radius 2 is 1.39 bits per heavy atom. The van der Waals surface area contributed by atoms with Crippen molar-refractivity contribution in [2.24, 2.45) is 0 Å². The number of ether oxygens (including phenoxy) is 1. The summed E-state index contributed by atoms with van der Waals surface area (Å²) in [4.78, 5) is 21.0. The van der Waals surface area contributed by atoms with Gasteiger partial charge in [-0.25, -0.2) is 4.79 Å². The molecule has 0 aliphatic heterocycles. The van der Waals surface area contributed by atoms with E-state index in [9.17, 15) is 9.59 Å². The van der Waals surface area contributed by atoms with Gasteiger partial charge in [0.15, 0.2) is 0 Å². The number of esters is 1. The third-order valence-corrected chi connectivity index (χ3v) is 2.90. The molecule has 0 radical (unpaired) electrons. The van der Waals surface area contributed by atoms with Gasteiger partial charge in [0.25, 0.3) is 0 Å². The zero-order valence-electron chi connectivity index (χ0n) is 12.6. The summed E-state index contributed by atoms with van der Waals surface area (Å²) in [6.45, 7) is 0. The molecule has 3 N–H and O–H groups in total. The van der Waals surface area contributed by atoms with E-state index in [4.69, 9.17) is 15.3 Å². The second-order valence-electron chi connectivity index (χ2n) is 4.59. The average Bonchev–Trinajstić information content (AvgIpc) is 2.55. The third kappa shape index (κ3) is 6.99. The van der Waals surface area contributed by atoms with Crippen LogP contribution in [0.3, 0.4) is 0 Å². The Kier molecular flexibility index (Phi) is 7.13. The summed E-state index contributed by atoms with van der Waals surface area (Å²) in [6, 6.07) is 12.2. The van der Waals surface area contributed by atoms with E-state index >= 15 is 0 Å². The molecular formula is C17H18O6. The number of hydrogen-bond acceptors (Lipinski definition) is 5. The molecule has 0 heterocycles. The first-order valence-electron chi connectivity index (χ1n) is 6.79. The van der Waals surface area contributed by atoms with Crippen molar-refractivity contribution in [1.82, 2.24) is 0 Å². The molecule has 0 fully saturated rings. The summed E-state index contributed by atoms with van der Waals surface area (Å²) < 4.78 is 4.51. The van der Waals surface area contributed by atoms with Crippen LogP contribution in [-0.4, -0.2) is 34.4 Å². The number of carbonyl (C=O) groups is 2. The summed E-state index contributed by atoms with van der Waals surface area (Å²) in [7, 11) is 1.37. The van der Waals surface area contributed by atoms with Crippen LogP contribution in [0.5, 0.6) is 11.5 Å². The molecule has 0 atom stereocenters. The minimum Gasteiger partial charge on any atom is -0.508 e. The first-order chi connectivity index (χ1) is 10.9. The number of methoxy groups -OCH3 is 1. The molecule has 0 aliphatic carbocycles. The minimum absolute atomic E-state index is 0.0741. The average molecular weight is 318 g/mol. The number of aromatic carboxylic acids is 1. The van der Waals surface area contributed by atoms with Crippen LogP contribution in [0.15, 0.2) is 48.5 Å². The van der Waals surface area contributed by atoms with Crippen molar-refractivity contribution in [2.45, 2.75) is 12.8 Å². The molecule has 0 spiro atoms. The van der Waals surface area contributed by atoms with Gasteiger partial charge in [-0.05, 0) is 48.4 Å². The summed E-state index contributed by atoms with van der Waals surface area (Å²) in [6.07, 6.45) is 1.02. The maximum atomic E-state index is 10.8. The van der Waals surface area contributed by atoms with Crippen molar-refractivity contribution >= 4 is 11.9 Å². The van der Waals surface area contributed by atoms with Gasteiger partial charge >= 0.3 is 11.9 Å². The van der Waals surface area contributed by atoms with Gasteiger partial charge in [0.1, 0.15) is 11.5 Å². The number of carboxylic acid groups (broad SMARTS) is 1. The number of phenolic OH excluding ortho intramolecular Hbond substituents is 2. The van der Waals surface area contributed by atoms with Crippen molar-refractivity contribution in [3.8, 4) is 11.5 Å². The molecule has 0 unspecified atom stereocenters. The number of phenols is 2. The van der Waals surface area contributed by atoms with E-state index in [1.165, 1.54) is 31.4 Å². The molecule has 122 valence electrons. The third-order valence-electron chi connectivity index (χ3n) is 2.90. The predicted octanol–water partition coefficient (Wildman–Crippen LogP) is 2.59. The van der Waals surface area contributed by atoms with Gasteiger partial charge in [-0.15, -0.1) is 0 Å². The summed E-state index contributed by atoms with van der Waals surface area (Å²) in [5.74, 6) is -0.889. The fraction of sp³-hybridized carbons (Fsp3) is 0.176. The van der Waals surface area contributed by atoms with Crippen LogP contribution < -0.4 is 0 Å². The van der Waals surface area contributed by atoms with E-state index in [1.54, 1.807) is 24.3 Å². The van der Waals surface area contributed by atoms with E-state index in [0.29, 0.717) is 12.8 Å². The van der Waals surface area contributed by atoms with E-state index in [0.717, 1.165) is 5.56 Å². The summed E-state index contributed by atoms with van der Waals surface area (Å²) in [5, 5.41) is 26.1. The summed E-state index contributed by atoms with van der Waals surface area (Å²) in [5.41, 5.74) is 1.20. The lowest BCUT2D eigenvalue weighted by molar-refractivity contribution is -0.140. The first kappa shape index (κ1) is 18.0. The Morgan fingerprint density at radius 1 is 0.913 bits per heavy atom. The van der Waals surface area contributed by atoms with E-state index in [-0.39, 0.29) is 23.0 Å². The van der Waals surface area contributed by atoms with E-state index in [2.05, 4.69) is 4.74 Å². The Hall–Kier alpha value is -3.02. The molecule has 23 heavy (non-hydrogen) atoms. The normalized spacial score (nSPS) is 9.43. The molecule has 0 saturated heterocycles. The van der Waals surface area contributed by atoms with Gasteiger partial charge in [-0.2, -0.15) is 0 Å². The van der Waals surface area contributed by atoms with Gasteiger partial charge in [0.2, 0.25) is 0 Å². The van der Waals surface area contributed by atoms with Gasteiger partial charge in [0.05, 0.1) is 12.7 Å². The predicted molar refractivity (Wildman–Crippen MR) is 83.5 cm³/mol. The Balaban J connectivity index is 0.000000238. The van der Waals surface area contributed by atoms with Crippen LogP contribution >= 0.6 is 0 Å². The standard InChI is InChI=1S/C10H12O3.C7H6O3/c1-13-10(12)7-4-8-2-5-9(11)6-3-8;8-6-3-1-5(2-4-6)7(9)10/h2-3,5-6,11H,4,7H2,1H3;1-4,8H,(H,9,10).